The molecule has 1 aliphatic heterocycles. The molecule has 0 bridgehead atoms. The van der Waals surface area contributed by atoms with E-state index >= 15 is 0 Å². The summed E-state index contributed by atoms with van der Waals surface area (Å²) >= 11 is 1.67. The second-order valence-electron chi connectivity index (χ2n) is 5.15. The monoisotopic (exact) mass is 281 g/mol. The normalized spacial score (nSPS) is 18.2. The van der Waals surface area contributed by atoms with E-state index in [-0.39, 0.29) is 0 Å². The third-order valence-electron chi connectivity index (χ3n) is 4.11. The van der Waals surface area contributed by atoms with Crippen LogP contribution in [0, 0.1) is 0 Å². The Balaban J connectivity index is 1.82. The Morgan fingerprint density at radius 1 is 1.20 bits per heavy atom. The third kappa shape index (κ3) is 1.72. The Kier molecular flexibility index (Phi) is 2.70. The summed E-state index contributed by atoms with van der Waals surface area (Å²) < 4.78 is 0. The zero-order chi connectivity index (χ0) is 13.5. The number of fused-ring (bicyclic) bond motifs is 2. The average molecular weight is 281 g/mol. The van der Waals surface area contributed by atoms with Crippen molar-refractivity contribution in [2.24, 2.45) is 0 Å². The number of rotatable bonds is 1. The van der Waals surface area contributed by atoms with E-state index in [0.29, 0.717) is 6.04 Å². The molecule has 1 unspecified atom stereocenters. The van der Waals surface area contributed by atoms with Gasteiger partial charge in [-0.05, 0) is 35.9 Å². The number of anilines is 1. The summed E-state index contributed by atoms with van der Waals surface area (Å²) in [5.41, 5.74) is 2.88. The molecule has 4 heteroatoms. The minimum Gasteiger partial charge on any atom is -0.349 e. The van der Waals surface area contributed by atoms with E-state index in [2.05, 4.69) is 57.5 Å². The molecule has 3 nitrogen and oxygen atoms in total. The summed E-state index contributed by atoms with van der Waals surface area (Å²) in [5, 5.41) is 3.26. The summed E-state index contributed by atoms with van der Waals surface area (Å²) in [6, 6.07) is 11.2. The van der Waals surface area contributed by atoms with Crippen LogP contribution in [0.15, 0.2) is 42.0 Å². The smallest absolute Gasteiger partial charge is 0.141 e. The average Bonchev–Trinajstić information content (AvgIpc) is 2.97. The van der Waals surface area contributed by atoms with E-state index < -0.39 is 0 Å². The molecule has 0 radical (unpaired) electrons. The molecule has 0 N–H and O–H groups in total. The Hall–Kier alpha value is -1.94. The summed E-state index contributed by atoms with van der Waals surface area (Å²) in [6.07, 6.45) is 2.76. The lowest BCUT2D eigenvalue weighted by atomic mass is 9.93. The van der Waals surface area contributed by atoms with E-state index in [1.54, 1.807) is 17.7 Å². The highest BCUT2D eigenvalue weighted by molar-refractivity contribution is 7.16. The second-order valence-corrected chi connectivity index (χ2v) is 6.05. The lowest BCUT2D eigenvalue weighted by molar-refractivity contribution is 0.619. The predicted molar refractivity (Wildman–Crippen MR) is 83.3 cm³/mol. The van der Waals surface area contributed by atoms with Crippen LogP contribution >= 0.6 is 11.3 Å². The van der Waals surface area contributed by atoms with Crippen LogP contribution in [0.2, 0.25) is 0 Å². The van der Waals surface area contributed by atoms with Gasteiger partial charge in [0, 0.05) is 6.54 Å². The first kappa shape index (κ1) is 11.9. The van der Waals surface area contributed by atoms with Crippen LogP contribution < -0.4 is 4.90 Å². The van der Waals surface area contributed by atoms with E-state index in [9.17, 15) is 0 Å². The highest BCUT2D eigenvalue weighted by Gasteiger charge is 2.25. The van der Waals surface area contributed by atoms with Gasteiger partial charge in [0.25, 0.3) is 0 Å². The van der Waals surface area contributed by atoms with Crippen molar-refractivity contribution in [2.45, 2.75) is 19.4 Å². The minimum atomic E-state index is 0.359. The quantitative estimate of drug-likeness (QED) is 0.679. The number of nitrogens with zero attached hydrogens (tertiary/aromatic N) is 3. The second kappa shape index (κ2) is 4.56. The number of aromatic nitrogens is 2. The minimum absolute atomic E-state index is 0.359. The molecule has 0 saturated carbocycles. The van der Waals surface area contributed by atoms with Crippen molar-refractivity contribution in [2.75, 3.05) is 11.4 Å². The van der Waals surface area contributed by atoms with Crippen molar-refractivity contribution in [1.82, 2.24) is 9.97 Å². The predicted octanol–water partition coefficient (Wildman–Crippen LogP) is 3.82. The van der Waals surface area contributed by atoms with Crippen molar-refractivity contribution >= 4 is 27.4 Å². The van der Waals surface area contributed by atoms with Gasteiger partial charge in [0.1, 0.15) is 17.0 Å². The van der Waals surface area contributed by atoms with Crippen LogP contribution in [-0.2, 0) is 6.42 Å². The summed E-state index contributed by atoms with van der Waals surface area (Å²) in [6.45, 7) is 3.28. The van der Waals surface area contributed by atoms with Crippen molar-refractivity contribution in [3.63, 3.8) is 0 Å². The van der Waals surface area contributed by atoms with Gasteiger partial charge in [-0.1, -0.05) is 24.3 Å². The SMILES string of the molecule is CC1c2ccccc2CCN1c1ncnc2sccc12. The van der Waals surface area contributed by atoms with Gasteiger partial charge < -0.3 is 4.90 Å². The highest BCUT2D eigenvalue weighted by atomic mass is 32.1. The van der Waals surface area contributed by atoms with Crippen molar-refractivity contribution < 1.29 is 0 Å². The van der Waals surface area contributed by atoms with Crippen LogP contribution in [0.3, 0.4) is 0 Å². The van der Waals surface area contributed by atoms with Gasteiger partial charge in [0.2, 0.25) is 0 Å². The van der Waals surface area contributed by atoms with Crippen molar-refractivity contribution in [1.29, 1.82) is 0 Å². The molecule has 0 amide bonds. The Morgan fingerprint density at radius 2 is 2.10 bits per heavy atom. The molecule has 20 heavy (non-hydrogen) atoms. The highest BCUT2D eigenvalue weighted by Crippen LogP contribution is 2.36. The molecule has 0 saturated heterocycles. The fourth-order valence-corrected chi connectivity index (χ4v) is 3.79. The molecular formula is C16H15N3S. The number of benzene rings is 1. The van der Waals surface area contributed by atoms with Crippen molar-refractivity contribution in [3.05, 3.63) is 53.2 Å². The molecule has 1 aromatic carbocycles. The summed E-state index contributed by atoms with van der Waals surface area (Å²) in [4.78, 5) is 12.4. The Labute approximate surface area is 121 Å². The third-order valence-corrected chi connectivity index (χ3v) is 4.93. The molecule has 3 heterocycles. The Bertz CT molecular complexity index is 765. The fourth-order valence-electron chi connectivity index (χ4n) is 3.07. The maximum absolute atomic E-state index is 4.55. The molecule has 0 spiro atoms. The van der Waals surface area contributed by atoms with E-state index in [0.717, 1.165) is 23.6 Å². The molecule has 1 aliphatic rings. The first-order valence-corrected chi connectivity index (χ1v) is 7.75. The fraction of sp³-hybridized carbons (Fsp3) is 0.250. The lowest BCUT2D eigenvalue weighted by Gasteiger charge is -2.36. The van der Waals surface area contributed by atoms with E-state index in [4.69, 9.17) is 0 Å². The maximum Gasteiger partial charge on any atom is 0.141 e. The summed E-state index contributed by atoms with van der Waals surface area (Å²) in [7, 11) is 0. The molecular weight excluding hydrogens is 266 g/mol. The Morgan fingerprint density at radius 3 is 3.05 bits per heavy atom. The number of thiophene rings is 1. The van der Waals surface area contributed by atoms with E-state index in [1.807, 2.05) is 0 Å². The van der Waals surface area contributed by atoms with Gasteiger partial charge in [0.15, 0.2) is 0 Å². The topological polar surface area (TPSA) is 29.0 Å². The maximum atomic E-state index is 4.55. The van der Waals surface area contributed by atoms with Gasteiger partial charge in [0.05, 0.1) is 11.4 Å². The first-order chi connectivity index (χ1) is 9.84. The molecule has 4 rings (SSSR count). The van der Waals surface area contributed by atoms with Crippen LogP contribution in [0.1, 0.15) is 24.1 Å². The van der Waals surface area contributed by atoms with Crippen LogP contribution in [0.5, 0.6) is 0 Å². The molecule has 2 aromatic heterocycles. The van der Waals surface area contributed by atoms with Crippen molar-refractivity contribution in [3.8, 4) is 0 Å². The van der Waals surface area contributed by atoms with Gasteiger partial charge >= 0.3 is 0 Å². The molecule has 1 atom stereocenters. The van der Waals surface area contributed by atoms with Crippen LogP contribution in [0.4, 0.5) is 5.82 Å². The zero-order valence-corrected chi connectivity index (χ0v) is 12.1. The standard InChI is InChI=1S/C16H15N3S/c1-11-13-5-3-2-4-12(13)6-8-19(11)15-14-7-9-20-16(14)18-10-17-15/h2-5,7,9-11H,6,8H2,1H3. The van der Waals surface area contributed by atoms with Gasteiger partial charge in [-0.2, -0.15) is 0 Å². The lowest BCUT2D eigenvalue weighted by Crippen LogP contribution is -2.34. The molecule has 3 aromatic rings. The zero-order valence-electron chi connectivity index (χ0n) is 11.3. The molecule has 0 fully saturated rings. The van der Waals surface area contributed by atoms with Gasteiger partial charge in [-0.25, -0.2) is 9.97 Å². The van der Waals surface area contributed by atoms with Crippen LogP contribution in [0.25, 0.3) is 10.2 Å². The first-order valence-electron chi connectivity index (χ1n) is 6.87. The largest absolute Gasteiger partial charge is 0.349 e. The number of hydrogen-bond donors (Lipinski definition) is 0. The summed E-state index contributed by atoms with van der Waals surface area (Å²) in [5.74, 6) is 1.07. The number of hydrogen-bond acceptors (Lipinski definition) is 4. The molecule has 100 valence electrons. The van der Waals surface area contributed by atoms with Gasteiger partial charge in [-0.15, -0.1) is 11.3 Å². The van der Waals surface area contributed by atoms with E-state index in [1.165, 1.54) is 16.5 Å². The van der Waals surface area contributed by atoms with Crippen LogP contribution in [-0.4, -0.2) is 16.5 Å². The van der Waals surface area contributed by atoms with Gasteiger partial charge in [-0.3, -0.25) is 0 Å². The molecule has 0 aliphatic carbocycles.